The van der Waals surface area contributed by atoms with Crippen molar-refractivity contribution in [1.82, 2.24) is 15.7 Å². The maximum absolute atomic E-state index is 6.16. The summed E-state index contributed by atoms with van der Waals surface area (Å²) in [4.78, 5) is 10.7. The number of nitrogens with zero attached hydrogens (tertiary/aromatic N) is 3. The predicted octanol–water partition coefficient (Wildman–Crippen LogP) is 4.99. The zero-order chi connectivity index (χ0) is 21.1. The van der Waals surface area contributed by atoms with Gasteiger partial charge in [-0.25, -0.2) is 5.48 Å². The van der Waals surface area contributed by atoms with E-state index in [1.807, 2.05) is 25.1 Å². The molecule has 0 aliphatic carbocycles. The molecule has 0 fully saturated rings. The number of amidine groups is 1. The molecular formula is C23H22BrClN4O. The summed E-state index contributed by atoms with van der Waals surface area (Å²) in [5.41, 5.74) is 9.38. The fourth-order valence-electron chi connectivity index (χ4n) is 3.67. The Balaban J connectivity index is 1.64. The van der Waals surface area contributed by atoms with Gasteiger partial charge in [-0.1, -0.05) is 45.7 Å². The topological polar surface area (TPSA) is 59.4 Å². The van der Waals surface area contributed by atoms with Gasteiger partial charge >= 0.3 is 0 Å². The summed E-state index contributed by atoms with van der Waals surface area (Å²) in [7, 11) is 0. The number of aromatic nitrogens is 2. The van der Waals surface area contributed by atoms with E-state index in [9.17, 15) is 0 Å². The van der Waals surface area contributed by atoms with Crippen LogP contribution in [0.4, 0.5) is 0 Å². The molecule has 0 radical (unpaired) electrons. The van der Waals surface area contributed by atoms with Crippen molar-refractivity contribution < 1.29 is 4.84 Å². The van der Waals surface area contributed by atoms with Crippen LogP contribution in [0.2, 0.25) is 5.02 Å². The van der Waals surface area contributed by atoms with Gasteiger partial charge in [-0.3, -0.25) is 9.83 Å². The summed E-state index contributed by atoms with van der Waals surface area (Å²) in [6.07, 6.45) is 3.28. The molecule has 5 nitrogen and oxygen atoms in total. The van der Waals surface area contributed by atoms with Gasteiger partial charge in [0.15, 0.2) is 5.84 Å². The molecule has 0 bridgehead atoms. The summed E-state index contributed by atoms with van der Waals surface area (Å²) in [6, 6.07) is 14.2. The standard InChI is InChI=1S/C23H22BrClN4O/c1-14-8-19(24)7-6-17(14)11-21-13-30-29-23(27-21)22-15(2)28-26-12-18(22)9-16-4-3-5-20(25)10-16/h3-8,10,12,21H,9,11,13H2,1-2H3,(H,27,29)/t21-/m1/s1. The molecule has 1 aliphatic rings. The highest BCUT2D eigenvalue weighted by Crippen LogP contribution is 2.22. The SMILES string of the molecule is Cc1cc(Br)ccc1C[C@@H]1CONC(c2c(Cc3cccc(Cl)c3)cnnc2C)=N1. The molecule has 3 aromatic rings. The number of aliphatic imine (C=N–C) groups is 1. The van der Waals surface area contributed by atoms with Crippen LogP contribution < -0.4 is 5.48 Å². The molecule has 1 aliphatic heterocycles. The summed E-state index contributed by atoms with van der Waals surface area (Å²) < 4.78 is 1.08. The highest BCUT2D eigenvalue weighted by Gasteiger charge is 2.22. The van der Waals surface area contributed by atoms with Crippen molar-refractivity contribution in [2.24, 2.45) is 4.99 Å². The smallest absolute Gasteiger partial charge is 0.155 e. The second kappa shape index (κ2) is 9.25. The lowest BCUT2D eigenvalue weighted by molar-refractivity contribution is 0.0623. The van der Waals surface area contributed by atoms with Gasteiger partial charge in [-0.2, -0.15) is 10.2 Å². The van der Waals surface area contributed by atoms with Crippen molar-refractivity contribution in [3.8, 4) is 0 Å². The Morgan fingerprint density at radius 2 is 2.03 bits per heavy atom. The van der Waals surface area contributed by atoms with E-state index in [1.54, 1.807) is 6.20 Å². The zero-order valence-electron chi connectivity index (χ0n) is 16.8. The molecule has 1 aromatic heterocycles. The molecule has 30 heavy (non-hydrogen) atoms. The maximum atomic E-state index is 6.16. The quantitative estimate of drug-likeness (QED) is 0.553. The molecule has 4 rings (SSSR count). The van der Waals surface area contributed by atoms with Gasteiger partial charge in [-0.15, -0.1) is 0 Å². The van der Waals surface area contributed by atoms with Crippen LogP contribution in [0.3, 0.4) is 0 Å². The lowest BCUT2D eigenvalue weighted by Gasteiger charge is -2.24. The van der Waals surface area contributed by atoms with Crippen LogP contribution in [0, 0.1) is 13.8 Å². The van der Waals surface area contributed by atoms with Crippen molar-refractivity contribution in [3.63, 3.8) is 0 Å². The summed E-state index contributed by atoms with van der Waals surface area (Å²) in [5.74, 6) is 0.699. The number of hydrogen-bond donors (Lipinski definition) is 1. The van der Waals surface area contributed by atoms with Crippen molar-refractivity contribution in [2.45, 2.75) is 32.7 Å². The number of rotatable bonds is 5. The minimum Gasteiger partial charge on any atom is -0.272 e. The van der Waals surface area contributed by atoms with E-state index in [0.717, 1.165) is 33.3 Å². The van der Waals surface area contributed by atoms with Crippen molar-refractivity contribution in [2.75, 3.05) is 6.61 Å². The molecule has 0 saturated heterocycles. The van der Waals surface area contributed by atoms with Crippen LogP contribution in [0.1, 0.15) is 33.5 Å². The van der Waals surface area contributed by atoms with Crippen LogP contribution in [-0.2, 0) is 17.7 Å². The van der Waals surface area contributed by atoms with Gasteiger partial charge in [0.2, 0.25) is 0 Å². The third-order valence-corrected chi connectivity index (χ3v) is 5.87. The third kappa shape index (κ3) is 4.89. The monoisotopic (exact) mass is 484 g/mol. The van der Waals surface area contributed by atoms with Gasteiger partial charge in [0.05, 0.1) is 24.5 Å². The number of hydroxylamine groups is 1. The first kappa shape index (κ1) is 21.0. The molecule has 0 amide bonds. The van der Waals surface area contributed by atoms with Crippen LogP contribution in [0.25, 0.3) is 0 Å². The van der Waals surface area contributed by atoms with E-state index in [1.165, 1.54) is 11.1 Å². The van der Waals surface area contributed by atoms with E-state index in [4.69, 9.17) is 21.4 Å². The molecule has 0 unspecified atom stereocenters. The van der Waals surface area contributed by atoms with Crippen molar-refractivity contribution in [1.29, 1.82) is 0 Å². The maximum Gasteiger partial charge on any atom is 0.155 e. The molecule has 7 heteroatoms. The van der Waals surface area contributed by atoms with Crippen LogP contribution in [-0.4, -0.2) is 28.7 Å². The van der Waals surface area contributed by atoms with E-state index in [-0.39, 0.29) is 6.04 Å². The molecule has 154 valence electrons. The normalized spacial score (nSPS) is 16.1. The van der Waals surface area contributed by atoms with E-state index in [0.29, 0.717) is 23.9 Å². The molecule has 0 spiro atoms. The zero-order valence-corrected chi connectivity index (χ0v) is 19.2. The number of halogens is 2. The number of benzene rings is 2. The lowest BCUT2D eigenvalue weighted by Crippen LogP contribution is -2.37. The van der Waals surface area contributed by atoms with Gasteiger partial charge in [-0.05, 0) is 73.2 Å². The van der Waals surface area contributed by atoms with Crippen molar-refractivity contribution >= 4 is 33.4 Å². The first-order valence-electron chi connectivity index (χ1n) is 9.76. The Kier molecular flexibility index (Phi) is 6.46. The average Bonchev–Trinajstić information content (AvgIpc) is 2.71. The van der Waals surface area contributed by atoms with Crippen molar-refractivity contribution in [3.05, 3.63) is 91.7 Å². The lowest BCUT2D eigenvalue weighted by atomic mass is 9.99. The van der Waals surface area contributed by atoms with E-state index >= 15 is 0 Å². The average molecular weight is 486 g/mol. The minimum atomic E-state index is 0.0210. The Morgan fingerprint density at radius 3 is 2.83 bits per heavy atom. The second-order valence-corrected chi connectivity index (χ2v) is 8.81. The highest BCUT2D eigenvalue weighted by molar-refractivity contribution is 9.10. The Hall–Kier alpha value is -2.28. The van der Waals surface area contributed by atoms with Crippen LogP contribution in [0.5, 0.6) is 0 Å². The van der Waals surface area contributed by atoms with Crippen LogP contribution >= 0.6 is 27.5 Å². The summed E-state index contributed by atoms with van der Waals surface area (Å²) >= 11 is 9.69. The van der Waals surface area contributed by atoms with Gasteiger partial charge < -0.3 is 0 Å². The Bertz CT molecular complexity index is 1100. The molecule has 1 N–H and O–H groups in total. The Labute approximate surface area is 189 Å². The highest BCUT2D eigenvalue weighted by atomic mass is 79.9. The predicted molar refractivity (Wildman–Crippen MR) is 123 cm³/mol. The summed E-state index contributed by atoms with van der Waals surface area (Å²) in [5, 5.41) is 9.12. The fraction of sp³-hybridized carbons (Fsp3) is 0.261. The second-order valence-electron chi connectivity index (χ2n) is 7.46. The van der Waals surface area contributed by atoms with E-state index < -0.39 is 0 Å². The van der Waals surface area contributed by atoms with Gasteiger partial charge in [0, 0.05) is 15.1 Å². The minimum absolute atomic E-state index is 0.0210. The number of hydrogen-bond acceptors (Lipinski definition) is 5. The molecule has 1 atom stereocenters. The molecule has 2 heterocycles. The number of nitrogens with one attached hydrogen (secondary N) is 1. The summed E-state index contributed by atoms with van der Waals surface area (Å²) in [6.45, 7) is 4.57. The largest absolute Gasteiger partial charge is 0.272 e. The van der Waals surface area contributed by atoms with Gasteiger partial charge in [0.1, 0.15) is 0 Å². The fourth-order valence-corrected chi connectivity index (χ4v) is 4.36. The molecule has 2 aromatic carbocycles. The first-order chi connectivity index (χ1) is 14.5. The third-order valence-electron chi connectivity index (χ3n) is 5.14. The van der Waals surface area contributed by atoms with Gasteiger partial charge in [0.25, 0.3) is 0 Å². The van der Waals surface area contributed by atoms with Crippen LogP contribution in [0.15, 0.2) is 58.1 Å². The van der Waals surface area contributed by atoms with E-state index in [2.05, 4.69) is 62.8 Å². The first-order valence-corrected chi connectivity index (χ1v) is 10.9. The molecular weight excluding hydrogens is 464 g/mol. The Morgan fingerprint density at radius 1 is 1.17 bits per heavy atom. The number of aryl methyl sites for hydroxylation is 2. The molecule has 0 saturated carbocycles.